The largest absolute Gasteiger partial charge is 0.494 e. The number of amides is 2. The monoisotopic (exact) mass is 1020 g/mol. The lowest BCUT2D eigenvalue weighted by molar-refractivity contribution is -0.138. The number of benzene rings is 4. The molecule has 0 saturated carbocycles. The second-order valence-corrected chi connectivity index (χ2v) is 20.4. The molecule has 8 N–H and O–H groups in total. The molecule has 0 unspecified atom stereocenters. The second kappa shape index (κ2) is 35.8. The predicted molar refractivity (Wildman–Crippen MR) is 284 cm³/mol. The van der Waals surface area contributed by atoms with Crippen molar-refractivity contribution in [3.8, 4) is 11.5 Å². The number of ketones is 1. The molecule has 0 aliphatic heterocycles. The molecule has 0 aliphatic rings. The third kappa shape index (κ3) is 33.9. The Morgan fingerprint density at radius 3 is 1.27 bits per heavy atom. The van der Waals surface area contributed by atoms with E-state index in [4.69, 9.17) is 40.5 Å². The van der Waals surface area contributed by atoms with E-state index in [1.54, 1.807) is 47.8 Å². The first-order valence-corrected chi connectivity index (χ1v) is 24.6. The van der Waals surface area contributed by atoms with Crippen LogP contribution >= 0.6 is 23.5 Å². The van der Waals surface area contributed by atoms with E-state index in [0.29, 0.717) is 61.7 Å². The molecule has 390 valence electrons. The van der Waals surface area contributed by atoms with Crippen LogP contribution in [0.15, 0.2) is 102 Å². The fourth-order valence-corrected chi connectivity index (χ4v) is 7.47. The summed E-state index contributed by atoms with van der Waals surface area (Å²) in [6.45, 7) is 17.5. The van der Waals surface area contributed by atoms with E-state index in [2.05, 4.69) is 106 Å². The number of carboxylic acid groups (broad SMARTS) is 3. The van der Waals surface area contributed by atoms with Crippen LogP contribution in [0.5, 0.6) is 11.5 Å². The van der Waals surface area contributed by atoms with E-state index in [1.807, 2.05) is 31.2 Å². The third-order valence-corrected chi connectivity index (χ3v) is 12.1. The van der Waals surface area contributed by atoms with Crippen molar-refractivity contribution in [1.82, 2.24) is 10.9 Å². The van der Waals surface area contributed by atoms with Crippen LogP contribution in [-0.2, 0) is 35.5 Å². The molecule has 4 aromatic rings. The zero-order valence-electron chi connectivity index (χ0n) is 42.7. The molecule has 0 spiro atoms. The van der Waals surface area contributed by atoms with Crippen LogP contribution in [0.2, 0.25) is 0 Å². The van der Waals surface area contributed by atoms with Crippen LogP contribution in [0.4, 0.5) is 0 Å². The van der Waals surface area contributed by atoms with Crippen molar-refractivity contribution in [3.05, 3.63) is 130 Å². The van der Waals surface area contributed by atoms with Crippen LogP contribution in [0.25, 0.3) is 0 Å². The van der Waals surface area contributed by atoms with Crippen molar-refractivity contribution in [3.63, 3.8) is 0 Å². The highest BCUT2D eigenvalue weighted by molar-refractivity contribution is 8.00. The summed E-state index contributed by atoms with van der Waals surface area (Å²) in [5.41, 5.74) is 12.1. The number of rotatable bonds is 23. The zero-order chi connectivity index (χ0) is 54.0. The Hall–Kier alpha value is -6.21. The number of nitrogens with two attached hydrogens (primary N) is 1. The number of hydrazone groups is 1. The molecule has 0 saturated heterocycles. The minimum absolute atomic E-state index is 0.0115. The van der Waals surface area contributed by atoms with Crippen LogP contribution in [-0.4, -0.2) is 91.5 Å². The van der Waals surface area contributed by atoms with Crippen LogP contribution in [0.3, 0.4) is 0 Å². The Morgan fingerprint density at radius 1 is 0.577 bits per heavy atom. The van der Waals surface area contributed by atoms with Gasteiger partial charge in [0, 0.05) is 66.3 Å². The molecule has 0 aromatic heterocycles. The van der Waals surface area contributed by atoms with Gasteiger partial charge in [0.1, 0.15) is 11.5 Å². The predicted octanol–water partition coefficient (Wildman–Crippen LogP) is 9.40. The van der Waals surface area contributed by atoms with E-state index >= 15 is 0 Å². The van der Waals surface area contributed by atoms with Gasteiger partial charge in [-0.15, -0.1) is 0 Å². The Balaban J connectivity index is 0.00000106. The lowest BCUT2D eigenvalue weighted by Gasteiger charge is -2.23. The number of aliphatic carboxylic acids is 3. The Morgan fingerprint density at radius 2 is 0.930 bits per heavy atom. The summed E-state index contributed by atoms with van der Waals surface area (Å²) in [4.78, 5) is 64.4. The molecule has 18 heteroatoms. The third-order valence-electron chi connectivity index (χ3n) is 9.32. The molecule has 0 aliphatic carbocycles. The van der Waals surface area contributed by atoms with Gasteiger partial charge in [-0.05, 0) is 106 Å². The van der Waals surface area contributed by atoms with Gasteiger partial charge in [0.15, 0.2) is 5.78 Å². The molecular formula is C53H74N4O12S2. The number of aryl methyl sites for hydroxylation is 2. The van der Waals surface area contributed by atoms with Gasteiger partial charge in [-0.2, -0.15) is 28.6 Å². The number of thioether (sulfide) groups is 2. The van der Waals surface area contributed by atoms with Crippen molar-refractivity contribution in [1.29, 1.82) is 0 Å². The molecule has 4 aromatic carbocycles. The van der Waals surface area contributed by atoms with Gasteiger partial charge >= 0.3 is 11.9 Å². The number of carbonyl (C=O) groups is 6. The molecule has 0 bridgehead atoms. The number of nitrogens with one attached hydrogen (secondary N) is 2. The molecule has 71 heavy (non-hydrogen) atoms. The first kappa shape index (κ1) is 64.8. The summed E-state index contributed by atoms with van der Waals surface area (Å²) < 4.78 is 10.5. The van der Waals surface area contributed by atoms with Crippen molar-refractivity contribution >= 4 is 64.7 Å². The first-order chi connectivity index (χ1) is 33.4. The maximum atomic E-state index is 12.4. The molecule has 16 nitrogen and oxygen atoms in total. The summed E-state index contributed by atoms with van der Waals surface area (Å²) in [5.74, 6) is 5.46. The zero-order valence-corrected chi connectivity index (χ0v) is 44.3. The molecule has 2 amide bonds. The number of hydrogen-bond acceptors (Lipinski definition) is 13. The van der Waals surface area contributed by atoms with Gasteiger partial charge in [-0.25, -0.2) is 11.3 Å². The van der Waals surface area contributed by atoms with Gasteiger partial charge in [0.05, 0.1) is 18.9 Å². The number of nitrogens with zero attached hydrogens (tertiary/aromatic N) is 1. The minimum atomic E-state index is -0.833. The Kier molecular flexibility index (Phi) is 32.7. The van der Waals surface area contributed by atoms with E-state index in [-0.39, 0.29) is 39.9 Å². The molecule has 0 atom stereocenters. The second-order valence-electron chi connectivity index (χ2n) is 17.0. The maximum Gasteiger partial charge on any atom is 0.303 e. The van der Waals surface area contributed by atoms with Gasteiger partial charge in [-0.1, -0.05) is 87.4 Å². The lowest BCUT2D eigenvalue weighted by Crippen LogP contribution is -2.35. The van der Waals surface area contributed by atoms with Crippen LogP contribution in [0.1, 0.15) is 125 Å². The smallest absolute Gasteiger partial charge is 0.303 e. The van der Waals surface area contributed by atoms with Crippen molar-refractivity contribution in [2.24, 2.45) is 10.9 Å². The number of Topliss-reactive ketones (excluding diaryl/α,β-unsaturated/α-hetero) is 1. The van der Waals surface area contributed by atoms with Crippen molar-refractivity contribution in [2.75, 3.05) is 20.3 Å². The van der Waals surface area contributed by atoms with E-state index < -0.39 is 17.9 Å². The number of hydrogen-bond donors (Lipinski definition) is 7. The topological polar surface area (TPSA) is 264 Å². The number of aliphatic hydroxyl groups is 1. The summed E-state index contributed by atoms with van der Waals surface area (Å²) in [6.07, 6.45) is 1.92. The minimum Gasteiger partial charge on any atom is -0.494 e. The quantitative estimate of drug-likeness (QED) is 0.00911. The van der Waals surface area contributed by atoms with E-state index in [9.17, 15) is 24.0 Å². The number of aliphatic hydroxyl groups excluding tert-OH is 1. The fourth-order valence-electron chi connectivity index (χ4n) is 5.51. The standard InChI is InChI=1S/C25H32N2O4S.C13H20N2OS.C12H14O4.C2H4O2.CH4O/c1-18-7-9-20(10-8-18)17-32-25(3,4)16-23(28)27-26-19(2)21-11-13-22(14-12-21)31-15-5-6-24(29)30;1-10-4-6-11(7-5-10)9-17-13(2,3)8-12(16)15-14;1-9(13)10-4-6-11(7-5-10)16-8-2-3-12(14)15;1-2(3)4;1-2/h7-14H,5-6,15-17H2,1-4H3,(H,27,28)(H,29,30);4-7H,8-9,14H2,1-3H3,(H,15,16);4-7H,2-3,8H2,1H3,(H,14,15);1H3,(H,3,4);2H,1H3/b26-19+;;;;. The fraction of sp³-hybridized carbons (Fsp3) is 0.415. The summed E-state index contributed by atoms with van der Waals surface area (Å²) in [5, 5.41) is 35.7. The molecule has 0 fully saturated rings. The maximum absolute atomic E-state index is 12.4. The first-order valence-electron chi connectivity index (χ1n) is 22.7. The van der Waals surface area contributed by atoms with E-state index in [0.717, 1.165) is 31.1 Å². The molecule has 0 radical (unpaired) electrons. The Labute approximate surface area is 427 Å². The highest BCUT2D eigenvalue weighted by atomic mass is 32.2. The van der Waals surface area contributed by atoms with E-state index in [1.165, 1.54) is 29.2 Å². The normalized spacial score (nSPS) is 10.7. The average molecular weight is 1020 g/mol. The number of carbonyl (C=O) groups excluding carboxylic acids is 3. The van der Waals surface area contributed by atoms with Crippen molar-refractivity contribution < 1.29 is 58.7 Å². The molecule has 0 heterocycles. The number of carboxylic acids is 3. The Bertz CT molecular complexity index is 2230. The highest BCUT2D eigenvalue weighted by Crippen LogP contribution is 2.32. The summed E-state index contributed by atoms with van der Waals surface area (Å²) in [7, 11) is 1.00. The van der Waals surface area contributed by atoms with Crippen molar-refractivity contribution in [2.45, 2.75) is 122 Å². The van der Waals surface area contributed by atoms with Gasteiger partial charge in [0.2, 0.25) is 11.8 Å². The number of ether oxygens (including phenoxy) is 2. The number of hydrazine groups is 1. The van der Waals surface area contributed by atoms with Gasteiger partial charge < -0.3 is 29.9 Å². The SMILES string of the molecule is C/C(=N\NC(=O)CC(C)(C)SCc1ccc(C)cc1)c1ccc(OCCCC(=O)O)cc1.CC(=O)O.CC(=O)c1ccc(OCCCC(=O)O)cc1.CO.Cc1ccc(CSC(C)(C)CC(=O)NN)cc1. The van der Waals surface area contributed by atoms with Crippen LogP contribution in [0, 0.1) is 13.8 Å². The van der Waals surface area contributed by atoms with Gasteiger partial charge in [-0.3, -0.25) is 34.2 Å². The highest BCUT2D eigenvalue weighted by Gasteiger charge is 2.23. The lowest BCUT2D eigenvalue weighted by atomic mass is 10.1. The van der Waals surface area contributed by atoms with Gasteiger partial charge in [0.25, 0.3) is 5.97 Å². The average Bonchev–Trinajstić information content (AvgIpc) is 3.31. The van der Waals surface area contributed by atoms with Crippen LogP contribution < -0.4 is 26.2 Å². The molecular weight excluding hydrogens is 949 g/mol. The molecule has 4 rings (SSSR count). The summed E-state index contributed by atoms with van der Waals surface area (Å²) in [6, 6.07) is 31.0. The summed E-state index contributed by atoms with van der Waals surface area (Å²) >= 11 is 3.52.